The maximum absolute atomic E-state index is 12.9. The Labute approximate surface area is 145 Å². The van der Waals surface area contributed by atoms with Crippen molar-refractivity contribution in [1.82, 2.24) is 9.69 Å². The first-order valence-electron chi connectivity index (χ1n) is 7.49. The number of fused-ring (bicyclic) bond motifs is 1. The van der Waals surface area contributed by atoms with Crippen LogP contribution in [0.25, 0.3) is 10.1 Å². The Bertz CT molecular complexity index is 892. The van der Waals surface area contributed by atoms with Gasteiger partial charge in [-0.1, -0.05) is 24.3 Å². The van der Waals surface area contributed by atoms with Gasteiger partial charge in [-0.15, -0.1) is 0 Å². The van der Waals surface area contributed by atoms with Crippen molar-refractivity contribution in [3.8, 4) is 0 Å². The summed E-state index contributed by atoms with van der Waals surface area (Å²) in [4.78, 5) is 12.0. The van der Waals surface area contributed by atoms with Crippen LogP contribution >= 0.6 is 11.5 Å². The van der Waals surface area contributed by atoms with Crippen molar-refractivity contribution in [2.75, 3.05) is 18.4 Å². The number of halogens is 3. The number of hydrogen-bond acceptors (Lipinski definition) is 4. The molecule has 0 saturated heterocycles. The van der Waals surface area contributed by atoms with Crippen molar-refractivity contribution in [3.63, 3.8) is 0 Å². The molecule has 0 fully saturated rings. The maximum atomic E-state index is 12.9. The maximum Gasteiger partial charge on any atom is 0.417 e. The van der Waals surface area contributed by atoms with Gasteiger partial charge < -0.3 is 10.6 Å². The molecule has 0 saturated carbocycles. The van der Waals surface area contributed by atoms with Crippen LogP contribution in [0.1, 0.15) is 15.9 Å². The molecule has 1 heterocycles. The van der Waals surface area contributed by atoms with Crippen molar-refractivity contribution < 1.29 is 18.0 Å². The van der Waals surface area contributed by atoms with Gasteiger partial charge in [0.15, 0.2) is 0 Å². The minimum absolute atomic E-state index is 0.177. The number of alkyl halides is 3. The predicted molar refractivity (Wildman–Crippen MR) is 91.9 cm³/mol. The normalized spacial score (nSPS) is 11.5. The minimum Gasteiger partial charge on any atom is -0.367 e. The summed E-state index contributed by atoms with van der Waals surface area (Å²) in [6.07, 6.45) is -4.56. The molecule has 0 radical (unpaired) electrons. The topological polar surface area (TPSA) is 54.0 Å². The monoisotopic (exact) mass is 365 g/mol. The highest BCUT2D eigenvalue weighted by atomic mass is 32.1. The summed E-state index contributed by atoms with van der Waals surface area (Å²) in [5, 5.41) is 6.55. The van der Waals surface area contributed by atoms with Crippen LogP contribution in [0.2, 0.25) is 0 Å². The molecular weight excluding hydrogens is 351 g/mol. The molecule has 25 heavy (non-hydrogen) atoms. The number of hydrogen-bond donors (Lipinski definition) is 2. The highest BCUT2D eigenvalue weighted by molar-refractivity contribution is 7.13. The molecule has 0 aliphatic rings. The molecule has 0 bridgehead atoms. The molecule has 8 heteroatoms. The van der Waals surface area contributed by atoms with E-state index < -0.39 is 17.6 Å². The molecule has 0 aliphatic carbocycles. The standard InChI is InChI=1S/C17H14F3N3OS/c18-17(19,20)13-7-3-1-5-11(13)16(24)22-10-9-21-15-12-6-2-4-8-14(12)25-23-15/h1-8H,9-10H2,(H,21,23)(H,22,24). The number of nitrogens with one attached hydrogen (secondary N) is 2. The Kier molecular flexibility index (Phi) is 4.89. The van der Waals surface area contributed by atoms with Gasteiger partial charge in [0.25, 0.3) is 5.91 Å². The lowest BCUT2D eigenvalue weighted by molar-refractivity contribution is -0.137. The van der Waals surface area contributed by atoms with E-state index in [0.717, 1.165) is 16.2 Å². The molecule has 0 spiro atoms. The van der Waals surface area contributed by atoms with Gasteiger partial charge in [-0.25, -0.2) is 0 Å². The number of carbonyl (C=O) groups is 1. The average Bonchev–Trinajstić information content (AvgIpc) is 3.01. The highest BCUT2D eigenvalue weighted by Crippen LogP contribution is 2.31. The smallest absolute Gasteiger partial charge is 0.367 e. The summed E-state index contributed by atoms with van der Waals surface area (Å²) < 4.78 is 44.1. The largest absolute Gasteiger partial charge is 0.417 e. The van der Waals surface area contributed by atoms with E-state index in [2.05, 4.69) is 15.0 Å². The summed E-state index contributed by atoms with van der Waals surface area (Å²) in [6, 6.07) is 12.4. The van der Waals surface area contributed by atoms with Gasteiger partial charge in [0.05, 0.1) is 15.8 Å². The molecule has 0 unspecified atom stereocenters. The van der Waals surface area contributed by atoms with Crippen molar-refractivity contribution in [3.05, 3.63) is 59.7 Å². The summed E-state index contributed by atoms with van der Waals surface area (Å²) in [6.45, 7) is 0.532. The molecular formula is C17H14F3N3OS. The molecule has 3 rings (SSSR count). The van der Waals surface area contributed by atoms with Crippen LogP contribution in [0.15, 0.2) is 48.5 Å². The predicted octanol–water partition coefficient (Wildman–Crippen LogP) is 4.16. The highest BCUT2D eigenvalue weighted by Gasteiger charge is 2.34. The molecule has 2 N–H and O–H groups in total. The first kappa shape index (κ1) is 17.2. The van der Waals surface area contributed by atoms with E-state index in [4.69, 9.17) is 0 Å². The van der Waals surface area contributed by atoms with Gasteiger partial charge >= 0.3 is 6.18 Å². The van der Waals surface area contributed by atoms with Crippen LogP contribution in [0.5, 0.6) is 0 Å². The molecule has 1 aromatic heterocycles. The molecule has 0 aliphatic heterocycles. The minimum atomic E-state index is -4.56. The van der Waals surface area contributed by atoms with Crippen molar-refractivity contribution in [1.29, 1.82) is 0 Å². The third-order valence-corrected chi connectivity index (χ3v) is 4.38. The Morgan fingerprint density at radius 2 is 1.76 bits per heavy atom. The summed E-state index contributed by atoms with van der Waals surface area (Å²) in [5.41, 5.74) is -1.32. The summed E-state index contributed by atoms with van der Waals surface area (Å²) in [7, 11) is 0. The Hall–Kier alpha value is -2.61. The average molecular weight is 365 g/mol. The molecule has 130 valence electrons. The van der Waals surface area contributed by atoms with E-state index in [9.17, 15) is 18.0 Å². The van der Waals surface area contributed by atoms with Crippen molar-refractivity contribution in [2.24, 2.45) is 0 Å². The lowest BCUT2D eigenvalue weighted by Crippen LogP contribution is -2.30. The van der Waals surface area contributed by atoms with E-state index in [-0.39, 0.29) is 12.1 Å². The lowest BCUT2D eigenvalue weighted by Gasteiger charge is -2.12. The number of nitrogens with zero attached hydrogens (tertiary/aromatic N) is 1. The fourth-order valence-corrected chi connectivity index (χ4v) is 3.15. The van der Waals surface area contributed by atoms with Crippen LogP contribution in [0, 0.1) is 0 Å². The number of benzene rings is 2. The van der Waals surface area contributed by atoms with Crippen LogP contribution in [-0.4, -0.2) is 23.4 Å². The van der Waals surface area contributed by atoms with Gasteiger partial charge in [-0.2, -0.15) is 17.5 Å². The number of carbonyl (C=O) groups excluding carboxylic acids is 1. The Balaban J connectivity index is 1.59. The summed E-state index contributed by atoms with van der Waals surface area (Å²) >= 11 is 1.35. The van der Waals surface area contributed by atoms with Crippen LogP contribution < -0.4 is 10.6 Å². The molecule has 1 amide bonds. The van der Waals surface area contributed by atoms with Gasteiger partial charge in [0, 0.05) is 18.5 Å². The third-order valence-electron chi connectivity index (χ3n) is 3.56. The van der Waals surface area contributed by atoms with E-state index in [1.807, 2.05) is 24.3 Å². The number of aromatic nitrogens is 1. The Morgan fingerprint density at radius 1 is 1.04 bits per heavy atom. The third kappa shape index (κ3) is 3.90. The second-order valence-electron chi connectivity index (χ2n) is 5.25. The summed E-state index contributed by atoms with van der Waals surface area (Å²) in [5.74, 6) is -0.0524. The second-order valence-corrected chi connectivity index (χ2v) is 6.06. The van der Waals surface area contributed by atoms with E-state index in [1.165, 1.54) is 29.7 Å². The van der Waals surface area contributed by atoms with E-state index >= 15 is 0 Å². The number of anilines is 1. The van der Waals surface area contributed by atoms with Crippen LogP contribution in [-0.2, 0) is 6.18 Å². The zero-order chi connectivity index (χ0) is 17.9. The Morgan fingerprint density at radius 3 is 2.56 bits per heavy atom. The molecule has 2 aromatic carbocycles. The zero-order valence-corrected chi connectivity index (χ0v) is 13.7. The second kappa shape index (κ2) is 7.10. The van der Waals surface area contributed by atoms with Gasteiger partial charge in [0.1, 0.15) is 5.82 Å². The van der Waals surface area contributed by atoms with E-state index in [1.54, 1.807) is 0 Å². The number of amides is 1. The molecule has 3 aromatic rings. The van der Waals surface area contributed by atoms with Gasteiger partial charge in [-0.05, 0) is 35.8 Å². The van der Waals surface area contributed by atoms with E-state index in [0.29, 0.717) is 12.4 Å². The zero-order valence-electron chi connectivity index (χ0n) is 12.9. The first-order valence-corrected chi connectivity index (χ1v) is 8.27. The SMILES string of the molecule is O=C(NCCNc1nsc2ccccc12)c1ccccc1C(F)(F)F. The fourth-order valence-electron chi connectivity index (χ4n) is 2.39. The fraction of sp³-hybridized carbons (Fsp3) is 0.176. The first-order chi connectivity index (χ1) is 12.0. The van der Waals surface area contributed by atoms with Crippen molar-refractivity contribution >= 4 is 33.3 Å². The number of rotatable bonds is 5. The lowest BCUT2D eigenvalue weighted by atomic mass is 10.1. The van der Waals surface area contributed by atoms with Crippen LogP contribution in [0.4, 0.5) is 19.0 Å². The molecule has 4 nitrogen and oxygen atoms in total. The quantitative estimate of drug-likeness (QED) is 0.668. The van der Waals surface area contributed by atoms with Gasteiger partial charge in [-0.3, -0.25) is 4.79 Å². The van der Waals surface area contributed by atoms with Crippen molar-refractivity contribution in [2.45, 2.75) is 6.18 Å². The molecule has 0 atom stereocenters. The van der Waals surface area contributed by atoms with Crippen LogP contribution in [0.3, 0.4) is 0 Å². The van der Waals surface area contributed by atoms with Gasteiger partial charge in [0.2, 0.25) is 0 Å².